The zero-order chi connectivity index (χ0) is 15.1. The normalized spacial score (nSPS) is 9.86. The third-order valence-electron chi connectivity index (χ3n) is 3.46. The summed E-state index contributed by atoms with van der Waals surface area (Å²) in [6, 6.07) is 16.7. The minimum absolute atomic E-state index is 0.107. The second-order valence-electron chi connectivity index (χ2n) is 4.97. The Morgan fingerprint density at radius 3 is 2.43 bits per heavy atom. The summed E-state index contributed by atoms with van der Waals surface area (Å²) < 4.78 is 0. The Balaban J connectivity index is 2.24. The van der Waals surface area contributed by atoms with Gasteiger partial charge in [0.15, 0.2) is 0 Å². The molecule has 0 aliphatic heterocycles. The van der Waals surface area contributed by atoms with Gasteiger partial charge in [-0.05, 0) is 37.6 Å². The first-order valence-electron chi connectivity index (χ1n) is 7.24. The molecule has 0 aromatic heterocycles. The van der Waals surface area contributed by atoms with Gasteiger partial charge >= 0.3 is 0 Å². The van der Waals surface area contributed by atoms with E-state index in [9.17, 15) is 0 Å². The predicted octanol–water partition coefficient (Wildman–Crippen LogP) is 3.37. The van der Waals surface area contributed by atoms with E-state index in [1.807, 2.05) is 18.2 Å². The highest BCUT2D eigenvalue weighted by molar-refractivity contribution is 5.50. The Labute approximate surface area is 127 Å². The van der Waals surface area contributed by atoms with Crippen LogP contribution in [0.25, 0.3) is 0 Å². The molecule has 2 rings (SSSR count). The van der Waals surface area contributed by atoms with E-state index in [4.69, 9.17) is 5.11 Å². The number of rotatable bonds is 4. The molecule has 0 bridgehead atoms. The number of hydrogen-bond acceptors (Lipinski definition) is 2. The summed E-state index contributed by atoms with van der Waals surface area (Å²) in [5.74, 6) is 5.76. The van der Waals surface area contributed by atoms with Crippen LogP contribution < -0.4 is 4.90 Å². The fourth-order valence-electron chi connectivity index (χ4n) is 2.26. The lowest BCUT2D eigenvalue weighted by atomic mass is 10.1. The van der Waals surface area contributed by atoms with Crippen molar-refractivity contribution in [3.05, 3.63) is 65.2 Å². The van der Waals surface area contributed by atoms with Crippen molar-refractivity contribution in [2.75, 3.05) is 18.1 Å². The van der Waals surface area contributed by atoms with Gasteiger partial charge in [-0.3, -0.25) is 0 Å². The van der Waals surface area contributed by atoms with Gasteiger partial charge in [-0.1, -0.05) is 47.7 Å². The molecule has 0 amide bonds. The number of nitrogens with zero attached hydrogens (tertiary/aromatic N) is 1. The second kappa shape index (κ2) is 7.52. The summed E-state index contributed by atoms with van der Waals surface area (Å²) in [6.45, 7) is 5.90. The Morgan fingerprint density at radius 1 is 1.05 bits per heavy atom. The number of benzene rings is 2. The standard InChI is InChI=1S/C19H21NO/c1-3-20(19-12-10-16(2)11-13-19)15-18-8-5-4-7-17(18)9-6-14-21/h4-5,7-8,10-13,21H,3,14-15H2,1-2H3. The summed E-state index contributed by atoms with van der Waals surface area (Å²) in [5.41, 5.74) is 4.65. The molecule has 0 saturated heterocycles. The summed E-state index contributed by atoms with van der Waals surface area (Å²) in [5, 5.41) is 8.87. The van der Waals surface area contributed by atoms with Gasteiger partial charge in [0.05, 0.1) is 0 Å². The average Bonchev–Trinajstić information content (AvgIpc) is 2.52. The van der Waals surface area contributed by atoms with Crippen molar-refractivity contribution in [3.8, 4) is 11.8 Å². The summed E-state index contributed by atoms with van der Waals surface area (Å²) in [7, 11) is 0. The molecular weight excluding hydrogens is 258 g/mol. The Hall–Kier alpha value is -2.24. The SMILES string of the molecule is CCN(Cc1ccccc1C#CCO)c1ccc(C)cc1. The summed E-state index contributed by atoms with van der Waals surface area (Å²) in [6.07, 6.45) is 0. The van der Waals surface area contributed by atoms with E-state index >= 15 is 0 Å². The van der Waals surface area contributed by atoms with Crippen LogP contribution in [0, 0.1) is 18.8 Å². The van der Waals surface area contributed by atoms with E-state index in [1.165, 1.54) is 16.8 Å². The predicted molar refractivity (Wildman–Crippen MR) is 88.3 cm³/mol. The van der Waals surface area contributed by atoms with Crippen LogP contribution in [0.1, 0.15) is 23.6 Å². The van der Waals surface area contributed by atoms with Crippen LogP contribution in [-0.4, -0.2) is 18.3 Å². The van der Waals surface area contributed by atoms with Crippen LogP contribution in [0.2, 0.25) is 0 Å². The minimum atomic E-state index is -0.107. The third kappa shape index (κ3) is 4.11. The highest BCUT2D eigenvalue weighted by Gasteiger charge is 2.07. The van der Waals surface area contributed by atoms with Gasteiger partial charge in [-0.25, -0.2) is 0 Å². The molecular formula is C19H21NO. The lowest BCUT2D eigenvalue weighted by molar-refractivity contribution is 0.350. The van der Waals surface area contributed by atoms with Crippen LogP contribution in [0.3, 0.4) is 0 Å². The number of aryl methyl sites for hydroxylation is 1. The molecule has 0 spiro atoms. The minimum Gasteiger partial charge on any atom is -0.384 e. The topological polar surface area (TPSA) is 23.5 Å². The molecule has 21 heavy (non-hydrogen) atoms. The first-order valence-corrected chi connectivity index (χ1v) is 7.24. The second-order valence-corrected chi connectivity index (χ2v) is 4.97. The van der Waals surface area contributed by atoms with Gasteiger partial charge in [0.2, 0.25) is 0 Å². The van der Waals surface area contributed by atoms with Crippen molar-refractivity contribution in [2.24, 2.45) is 0 Å². The van der Waals surface area contributed by atoms with Crippen molar-refractivity contribution in [3.63, 3.8) is 0 Å². The largest absolute Gasteiger partial charge is 0.384 e. The maximum absolute atomic E-state index is 8.87. The maximum Gasteiger partial charge on any atom is 0.104 e. The van der Waals surface area contributed by atoms with Crippen molar-refractivity contribution in [1.29, 1.82) is 0 Å². The highest BCUT2D eigenvalue weighted by Crippen LogP contribution is 2.19. The van der Waals surface area contributed by atoms with E-state index in [0.717, 1.165) is 18.7 Å². The third-order valence-corrected chi connectivity index (χ3v) is 3.46. The average molecular weight is 279 g/mol. The summed E-state index contributed by atoms with van der Waals surface area (Å²) >= 11 is 0. The number of hydrogen-bond donors (Lipinski definition) is 1. The molecule has 0 fully saturated rings. The Morgan fingerprint density at radius 2 is 1.76 bits per heavy atom. The lowest BCUT2D eigenvalue weighted by Gasteiger charge is -2.24. The molecule has 0 aliphatic carbocycles. The van der Waals surface area contributed by atoms with Crippen LogP contribution in [0.4, 0.5) is 5.69 Å². The van der Waals surface area contributed by atoms with Crippen LogP contribution in [0.15, 0.2) is 48.5 Å². The van der Waals surface area contributed by atoms with Gasteiger partial charge in [-0.2, -0.15) is 0 Å². The number of aliphatic hydroxyl groups is 1. The molecule has 0 saturated carbocycles. The molecule has 2 heteroatoms. The molecule has 108 valence electrons. The number of aliphatic hydroxyl groups excluding tert-OH is 1. The smallest absolute Gasteiger partial charge is 0.104 e. The van der Waals surface area contributed by atoms with Crippen LogP contribution in [0.5, 0.6) is 0 Å². The van der Waals surface area contributed by atoms with Gasteiger partial charge in [0.1, 0.15) is 6.61 Å². The summed E-state index contributed by atoms with van der Waals surface area (Å²) in [4.78, 5) is 2.32. The van der Waals surface area contributed by atoms with Crippen LogP contribution >= 0.6 is 0 Å². The molecule has 0 atom stereocenters. The molecule has 2 nitrogen and oxygen atoms in total. The first kappa shape index (κ1) is 15.2. The molecule has 0 heterocycles. The molecule has 0 aliphatic rings. The molecule has 0 unspecified atom stereocenters. The molecule has 2 aromatic carbocycles. The zero-order valence-corrected chi connectivity index (χ0v) is 12.6. The van der Waals surface area contributed by atoms with Gasteiger partial charge in [0.25, 0.3) is 0 Å². The fraction of sp³-hybridized carbons (Fsp3) is 0.263. The fourth-order valence-corrected chi connectivity index (χ4v) is 2.26. The van der Waals surface area contributed by atoms with Crippen LogP contribution in [-0.2, 0) is 6.54 Å². The highest BCUT2D eigenvalue weighted by atomic mass is 16.2. The Bertz CT molecular complexity index is 635. The Kier molecular flexibility index (Phi) is 5.43. The van der Waals surface area contributed by atoms with E-state index < -0.39 is 0 Å². The van der Waals surface area contributed by atoms with Gasteiger partial charge in [0, 0.05) is 24.3 Å². The molecule has 1 N–H and O–H groups in total. The molecule has 0 radical (unpaired) electrons. The van der Waals surface area contributed by atoms with Crippen molar-refractivity contribution in [1.82, 2.24) is 0 Å². The zero-order valence-electron chi connectivity index (χ0n) is 12.6. The quantitative estimate of drug-likeness (QED) is 0.867. The van der Waals surface area contributed by atoms with Gasteiger partial charge in [-0.15, -0.1) is 0 Å². The van der Waals surface area contributed by atoms with Crippen molar-refractivity contribution in [2.45, 2.75) is 20.4 Å². The monoisotopic (exact) mass is 279 g/mol. The number of anilines is 1. The van der Waals surface area contributed by atoms with Crippen molar-refractivity contribution >= 4 is 5.69 Å². The lowest BCUT2D eigenvalue weighted by Crippen LogP contribution is -2.22. The van der Waals surface area contributed by atoms with E-state index in [0.29, 0.717) is 0 Å². The molecule has 2 aromatic rings. The van der Waals surface area contributed by atoms with Gasteiger partial charge < -0.3 is 10.0 Å². The maximum atomic E-state index is 8.87. The first-order chi connectivity index (χ1) is 10.2. The van der Waals surface area contributed by atoms with E-state index in [1.54, 1.807) is 0 Å². The van der Waals surface area contributed by atoms with E-state index in [2.05, 4.69) is 60.9 Å². The van der Waals surface area contributed by atoms with Crippen molar-refractivity contribution < 1.29 is 5.11 Å². The van der Waals surface area contributed by atoms with E-state index in [-0.39, 0.29) is 6.61 Å².